The predicted molar refractivity (Wildman–Crippen MR) is 31.3 cm³/mol. The number of halogens is 1. The molecular formula is C7H9ClZr. The first-order valence-electron chi connectivity index (χ1n) is 2.92. The van der Waals surface area contributed by atoms with Gasteiger partial charge < -0.3 is 12.4 Å². The van der Waals surface area contributed by atoms with Crippen molar-refractivity contribution in [2.75, 3.05) is 0 Å². The van der Waals surface area contributed by atoms with Crippen molar-refractivity contribution in [3.8, 4) is 0 Å². The van der Waals surface area contributed by atoms with E-state index in [1.165, 1.54) is 17.0 Å². The van der Waals surface area contributed by atoms with Gasteiger partial charge in [-0.05, 0) is 0 Å². The molecular weight excluding hydrogens is 211 g/mol. The van der Waals surface area contributed by atoms with Gasteiger partial charge in [0.1, 0.15) is 0 Å². The normalized spacial score (nSPS) is 14.8. The van der Waals surface area contributed by atoms with Crippen LogP contribution in [-0.2, 0) is 24.7 Å². The van der Waals surface area contributed by atoms with Gasteiger partial charge in [-0.25, -0.2) is 0 Å². The van der Waals surface area contributed by atoms with Crippen LogP contribution in [0.25, 0.3) is 0 Å². The zero-order valence-electron chi connectivity index (χ0n) is 5.23. The first-order chi connectivity index (χ1) is 3.93. The maximum atomic E-state index is 2.24. The van der Waals surface area contributed by atoms with E-state index in [0.29, 0.717) is 0 Å². The van der Waals surface area contributed by atoms with E-state index in [9.17, 15) is 0 Å². The van der Waals surface area contributed by atoms with Crippen LogP contribution in [-0.4, -0.2) is 0 Å². The van der Waals surface area contributed by atoms with Gasteiger partial charge in [0.2, 0.25) is 0 Å². The number of allylic oxidation sites excluding steroid dienone is 4. The van der Waals surface area contributed by atoms with Gasteiger partial charge in [0.25, 0.3) is 0 Å². The minimum atomic E-state index is 0. The molecule has 2 heteroatoms. The Morgan fingerprint density at radius 1 is 1.56 bits per heavy atom. The summed E-state index contributed by atoms with van der Waals surface area (Å²) in [5, 5.41) is 0. The van der Waals surface area contributed by atoms with Gasteiger partial charge in [-0.2, -0.15) is 0 Å². The monoisotopic (exact) mass is 218 g/mol. The summed E-state index contributed by atoms with van der Waals surface area (Å²) in [6.07, 6.45) is 9.16. The second-order valence-corrected chi connectivity index (χ2v) is 3.19. The summed E-state index contributed by atoms with van der Waals surface area (Å²) in [6, 6.07) is 0. The summed E-state index contributed by atoms with van der Waals surface area (Å²) < 4.78 is 1.38. The molecule has 0 fully saturated rings. The fraction of sp³-hybridized carbons (Fsp3) is 0.429. The molecule has 9 heavy (non-hydrogen) atoms. The minimum absolute atomic E-state index is 0. The molecule has 0 unspecified atom stereocenters. The molecule has 1 rings (SSSR count). The molecule has 0 aromatic heterocycles. The molecule has 48 valence electrons. The van der Waals surface area contributed by atoms with Crippen LogP contribution in [0.5, 0.6) is 0 Å². The van der Waals surface area contributed by atoms with Crippen molar-refractivity contribution in [1.29, 1.82) is 0 Å². The van der Waals surface area contributed by atoms with Crippen molar-refractivity contribution in [3.63, 3.8) is 0 Å². The first-order valence-corrected chi connectivity index (χ1v) is 4.66. The molecule has 0 N–H and O–H groups in total. The molecule has 0 atom stereocenters. The van der Waals surface area contributed by atoms with Gasteiger partial charge in [-0.1, -0.05) is 0 Å². The molecule has 0 heterocycles. The van der Waals surface area contributed by atoms with Gasteiger partial charge in [-0.15, -0.1) is 0 Å². The molecule has 0 amide bonds. The molecule has 0 bridgehead atoms. The van der Waals surface area contributed by atoms with E-state index >= 15 is 0 Å². The topological polar surface area (TPSA) is 0 Å². The van der Waals surface area contributed by atoms with Gasteiger partial charge in [0.05, 0.1) is 0 Å². The summed E-state index contributed by atoms with van der Waals surface area (Å²) in [6.45, 7) is 0. The van der Waals surface area contributed by atoms with Crippen LogP contribution in [0.3, 0.4) is 0 Å². The second kappa shape index (κ2) is 5.44. The Morgan fingerprint density at radius 3 is 2.78 bits per heavy atom. The van der Waals surface area contributed by atoms with Crippen molar-refractivity contribution in [1.82, 2.24) is 0 Å². The Balaban J connectivity index is 0.000000640. The molecule has 0 aromatic rings. The quantitative estimate of drug-likeness (QED) is 0.573. The Hall–Kier alpha value is 0.653. The van der Waals surface area contributed by atoms with Gasteiger partial charge in [-0.3, -0.25) is 0 Å². The molecule has 0 nitrogen and oxygen atoms in total. The van der Waals surface area contributed by atoms with Crippen molar-refractivity contribution in [2.24, 2.45) is 0 Å². The third-order valence-corrected chi connectivity index (χ3v) is 1.91. The average Bonchev–Trinajstić information content (AvgIpc) is 2.19. The summed E-state index contributed by atoms with van der Waals surface area (Å²) >= 11 is 1.66. The summed E-state index contributed by atoms with van der Waals surface area (Å²) in [7, 11) is 0. The third-order valence-electron chi connectivity index (χ3n) is 1.29. The van der Waals surface area contributed by atoms with Crippen LogP contribution < -0.4 is 12.4 Å². The van der Waals surface area contributed by atoms with E-state index in [1.807, 2.05) is 0 Å². The van der Waals surface area contributed by atoms with Crippen LogP contribution in [0.2, 0.25) is 4.13 Å². The van der Waals surface area contributed by atoms with E-state index in [2.05, 4.69) is 18.2 Å². The molecule has 1 aliphatic rings. The van der Waals surface area contributed by atoms with Crippen LogP contribution >= 0.6 is 0 Å². The van der Waals surface area contributed by atoms with E-state index < -0.39 is 0 Å². The second-order valence-electron chi connectivity index (χ2n) is 1.96. The van der Waals surface area contributed by atoms with Crippen LogP contribution in [0.4, 0.5) is 0 Å². The van der Waals surface area contributed by atoms with Gasteiger partial charge >= 0.3 is 65.5 Å². The zero-order valence-corrected chi connectivity index (χ0v) is 8.45. The van der Waals surface area contributed by atoms with Crippen molar-refractivity contribution in [2.45, 2.75) is 17.0 Å². The van der Waals surface area contributed by atoms with Gasteiger partial charge in [0.15, 0.2) is 0 Å². The number of rotatable bonds is 2. The fourth-order valence-corrected chi connectivity index (χ4v) is 1.63. The van der Waals surface area contributed by atoms with Gasteiger partial charge in [0, 0.05) is 0 Å². The van der Waals surface area contributed by atoms with E-state index in [4.69, 9.17) is 0 Å². The summed E-state index contributed by atoms with van der Waals surface area (Å²) in [4.78, 5) is 0. The van der Waals surface area contributed by atoms with Crippen molar-refractivity contribution in [3.05, 3.63) is 23.8 Å². The molecule has 0 saturated heterocycles. The van der Waals surface area contributed by atoms with E-state index in [-0.39, 0.29) is 12.4 Å². The third kappa shape index (κ3) is 3.37. The molecule has 1 aliphatic carbocycles. The standard InChI is InChI=1S/C7H9.ClH.Zr/c1-2-7-5-3-4-6-7;;/h3-5H,1-2,6H2;1H;/q;;+1/p-1. The molecule has 0 aromatic carbocycles. The Bertz CT molecular complexity index is 127. The van der Waals surface area contributed by atoms with Crippen LogP contribution in [0, 0.1) is 0 Å². The van der Waals surface area contributed by atoms with Crippen LogP contribution in [0.1, 0.15) is 12.8 Å². The Kier molecular flexibility index (Phi) is 5.83. The van der Waals surface area contributed by atoms with Crippen molar-refractivity contribution >= 4 is 0 Å². The fourth-order valence-electron chi connectivity index (χ4n) is 0.838. The SMILES string of the molecule is [Cl-].[Zr+][CH2]CC1=CC=CC1. The maximum absolute atomic E-state index is 2.24. The molecule has 0 aliphatic heterocycles. The number of hydrogen-bond donors (Lipinski definition) is 0. The molecule has 0 saturated carbocycles. The van der Waals surface area contributed by atoms with E-state index in [0.717, 1.165) is 0 Å². The summed E-state index contributed by atoms with van der Waals surface area (Å²) in [5.41, 5.74) is 1.61. The summed E-state index contributed by atoms with van der Waals surface area (Å²) in [5.74, 6) is 0. The Labute approximate surface area is 77.7 Å². The van der Waals surface area contributed by atoms with E-state index in [1.54, 1.807) is 30.3 Å². The number of hydrogen-bond acceptors (Lipinski definition) is 0. The molecule has 0 spiro atoms. The average molecular weight is 220 g/mol. The molecule has 0 radical (unpaired) electrons. The van der Waals surface area contributed by atoms with Crippen molar-refractivity contribution < 1.29 is 37.1 Å². The predicted octanol–water partition coefficient (Wildman–Crippen LogP) is -0.768. The first kappa shape index (κ1) is 9.65. The Morgan fingerprint density at radius 2 is 2.33 bits per heavy atom. The van der Waals surface area contributed by atoms with Crippen LogP contribution in [0.15, 0.2) is 23.8 Å². The zero-order chi connectivity index (χ0) is 5.82.